The van der Waals surface area contributed by atoms with Gasteiger partial charge in [-0.15, -0.1) is 0 Å². The Kier molecular flexibility index (Phi) is 3.01. The van der Waals surface area contributed by atoms with Crippen LogP contribution in [0.25, 0.3) is 0 Å². The predicted molar refractivity (Wildman–Crippen MR) is 60.3 cm³/mol. The van der Waals surface area contributed by atoms with Crippen molar-refractivity contribution < 1.29 is 4.79 Å². The Hall–Kier alpha value is -0.570. The molecule has 0 aromatic heterocycles. The van der Waals surface area contributed by atoms with Gasteiger partial charge in [0.2, 0.25) is 5.91 Å². The second-order valence-corrected chi connectivity index (χ2v) is 5.32. The van der Waals surface area contributed by atoms with Gasteiger partial charge >= 0.3 is 0 Å². The van der Waals surface area contributed by atoms with Crippen molar-refractivity contribution in [1.29, 1.82) is 0 Å². The van der Waals surface area contributed by atoms with Gasteiger partial charge < -0.3 is 11.1 Å². The normalized spacial score (nSPS) is 27.1. The number of amides is 1. The molecule has 3 N–H and O–H groups in total. The van der Waals surface area contributed by atoms with Crippen molar-refractivity contribution in [1.82, 2.24) is 5.32 Å². The molecule has 3 heteroatoms. The maximum Gasteiger partial charge on any atom is 0.240 e. The van der Waals surface area contributed by atoms with E-state index in [1.807, 2.05) is 0 Å². The van der Waals surface area contributed by atoms with Gasteiger partial charge in [-0.25, -0.2) is 0 Å². The molecule has 2 aliphatic rings. The summed E-state index contributed by atoms with van der Waals surface area (Å²) in [6, 6.07) is 0.307. The van der Waals surface area contributed by atoms with E-state index >= 15 is 0 Å². The highest BCUT2D eigenvalue weighted by atomic mass is 16.2. The quantitative estimate of drug-likeness (QED) is 0.742. The smallest absolute Gasteiger partial charge is 0.240 e. The Morgan fingerprint density at radius 3 is 2.40 bits per heavy atom. The SMILES string of the molecule is C[C@@H](NC(=O)C1(N)CCC1)C1CCCC1. The molecule has 0 saturated heterocycles. The molecule has 1 atom stereocenters. The van der Waals surface area contributed by atoms with Crippen molar-refractivity contribution in [2.45, 2.75) is 63.5 Å². The Bertz CT molecular complexity index is 242. The van der Waals surface area contributed by atoms with Gasteiger partial charge in [-0.1, -0.05) is 12.8 Å². The Morgan fingerprint density at radius 2 is 1.93 bits per heavy atom. The molecule has 2 fully saturated rings. The summed E-state index contributed by atoms with van der Waals surface area (Å²) in [4.78, 5) is 11.9. The first-order valence-corrected chi connectivity index (χ1v) is 6.22. The van der Waals surface area contributed by atoms with Crippen molar-refractivity contribution in [3.63, 3.8) is 0 Å². The standard InChI is InChI=1S/C12H22N2O/c1-9(10-5-2-3-6-10)14-11(15)12(13)7-4-8-12/h9-10H,2-8,13H2,1H3,(H,14,15)/t9-/m1/s1. The zero-order valence-electron chi connectivity index (χ0n) is 9.59. The summed E-state index contributed by atoms with van der Waals surface area (Å²) in [6.07, 6.45) is 7.98. The third-order valence-electron chi connectivity index (χ3n) is 4.16. The van der Waals surface area contributed by atoms with E-state index < -0.39 is 5.54 Å². The van der Waals surface area contributed by atoms with Crippen LogP contribution in [0.15, 0.2) is 0 Å². The van der Waals surface area contributed by atoms with Crippen LogP contribution in [-0.2, 0) is 4.79 Å². The average Bonchev–Trinajstić information content (AvgIpc) is 2.66. The van der Waals surface area contributed by atoms with E-state index in [9.17, 15) is 4.79 Å². The number of hydrogen-bond donors (Lipinski definition) is 2. The zero-order valence-corrected chi connectivity index (χ0v) is 9.59. The van der Waals surface area contributed by atoms with Crippen molar-refractivity contribution in [2.24, 2.45) is 11.7 Å². The van der Waals surface area contributed by atoms with Crippen molar-refractivity contribution in [3.05, 3.63) is 0 Å². The fourth-order valence-electron chi connectivity index (χ4n) is 2.71. The number of carbonyl (C=O) groups excluding carboxylic acids is 1. The Balaban J connectivity index is 1.82. The van der Waals surface area contributed by atoms with Crippen LogP contribution < -0.4 is 11.1 Å². The minimum absolute atomic E-state index is 0.0770. The molecule has 0 heterocycles. The van der Waals surface area contributed by atoms with E-state index in [4.69, 9.17) is 5.73 Å². The van der Waals surface area contributed by atoms with Crippen molar-refractivity contribution in [2.75, 3.05) is 0 Å². The number of rotatable bonds is 3. The molecule has 2 saturated carbocycles. The van der Waals surface area contributed by atoms with E-state index in [1.54, 1.807) is 0 Å². The molecule has 0 aromatic carbocycles. The van der Waals surface area contributed by atoms with Crippen LogP contribution >= 0.6 is 0 Å². The fraction of sp³-hybridized carbons (Fsp3) is 0.917. The molecule has 86 valence electrons. The predicted octanol–water partition coefficient (Wildman–Crippen LogP) is 1.56. The molecule has 1 amide bonds. The monoisotopic (exact) mass is 210 g/mol. The number of hydrogen-bond acceptors (Lipinski definition) is 2. The molecular formula is C12H22N2O. The molecule has 0 bridgehead atoms. The molecule has 0 radical (unpaired) electrons. The van der Waals surface area contributed by atoms with Crippen LogP contribution in [0.4, 0.5) is 0 Å². The molecule has 0 aliphatic heterocycles. The first-order chi connectivity index (χ1) is 7.12. The first kappa shape index (κ1) is 10.9. The minimum atomic E-state index is -0.535. The molecule has 0 unspecified atom stereocenters. The van der Waals surface area contributed by atoms with Gasteiger partial charge in [-0.2, -0.15) is 0 Å². The molecule has 2 rings (SSSR count). The van der Waals surface area contributed by atoms with E-state index in [1.165, 1.54) is 25.7 Å². The van der Waals surface area contributed by atoms with Gasteiger partial charge in [-0.05, 0) is 44.9 Å². The lowest BCUT2D eigenvalue weighted by molar-refractivity contribution is -0.130. The summed E-state index contributed by atoms with van der Waals surface area (Å²) < 4.78 is 0. The molecule has 15 heavy (non-hydrogen) atoms. The lowest BCUT2D eigenvalue weighted by atomic mass is 9.76. The van der Waals surface area contributed by atoms with Crippen LogP contribution in [0.5, 0.6) is 0 Å². The topological polar surface area (TPSA) is 55.1 Å². The highest BCUT2D eigenvalue weighted by molar-refractivity contribution is 5.87. The van der Waals surface area contributed by atoms with Crippen LogP contribution in [0.1, 0.15) is 51.9 Å². The molecular weight excluding hydrogens is 188 g/mol. The number of carbonyl (C=O) groups is 1. The van der Waals surface area contributed by atoms with Gasteiger partial charge in [0, 0.05) is 6.04 Å². The van der Waals surface area contributed by atoms with Crippen LogP contribution in [0.3, 0.4) is 0 Å². The largest absolute Gasteiger partial charge is 0.352 e. The van der Waals surface area contributed by atoms with E-state index in [0.717, 1.165) is 19.3 Å². The van der Waals surface area contributed by atoms with E-state index in [-0.39, 0.29) is 5.91 Å². The number of nitrogens with two attached hydrogens (primary N) is 1. The Labute approximate surface area is 91.8 Å². The first-order valence-electron chi connectivity index (χ1n) is 6.22. The highest BCUT2D eigenvalue weighted by Gasteiger charge is 2.41. The molecule has 0 spiro atoms. The van der Waals surface area contributed by atoms with Gasteiger partial charge in [0.1, 0.15) is 0 Å². The van der Waals surface area contributed by atoms with Gasteiger partial charge in [0.05, 0.1) is 5.54 Å². The molecule has 0 aromatic rings. The summed E-state index contributed by atoms with van der Waals surface area (Å²) in [6.45, 7) is 2.12. The van der Waals surface area contributed by atoms with Crippen molar-refractivity contribution in [3.8, 4) is 0 Å². The average molecular weight is 210 g/mol. The third kappa shape index (κ3) is 2.17. The highest BCUT2D eigenvalue weighted by Crippen LogP contribution is 2.31. The van der Waals surface area contributed by atoms with Crippen molar-refractivity contribution >= 4 is 5.91 Å². The van der Waals surface area contributed by atoms with E-state index in [0.29, 0.717) is 12.0 Å². The van der Waals surface area contributed by atoms with E-state index in [2.05, 4.69) is 12.2 Å². The minimum Gasteiger partial charge on any atom is -0.352 e. The van der Waals surface area contributed by atoms with Crippen LogP contribution in [0.2, 0.25) is 0 Å². The summed E-state index contributed by atoms with van der Waals surface area (Å²) in [7, 11) is 0. The second kappa shape index (κ2) is 4.12. The van der Waals surface area contributed by atoms with Crippen LogP contribution in [0, 0.1) is 5.92 Å². The number of nitrogens with one attached hydrogen (secondary N) is 1. The summed E-state index contributed by atoms with van der Waals surface area (Å²) >= 11 is 0. The lowest BCUT2D eigenvalue weighted by Gasteiger charge is -2.37. The zero-order chi connectivity index (χ0) is 10.9. The lowest BCUT2D eigenvalue weighted by Crippen LogP contribution is -2.60. The van der Waals surface area contributed by atoms with Gasteiger partial charge in [-0.3, -0.25) is 4.79 Å². The maximum atomic E-state index is 11.9. The second-order valence-electron chi connectivity index (χ2n) is 5.32. The van der Waals surface area contributed by atoms with Gasteiger partial charge in [0.25, 0.3) is 0 Å². The molecule has 3 nitrogen and oxygen atoms in total. The van der Waals surface area contributed by atoms with Crippen LogP contribution in [-0.4, -0.2) is 17.5 Å². The summed E-state index contributed by atoms with van der Waals surface area (Å²) in [5.74, 6) is 0.755. The van der Waals surface area contributed by atoms with Gasteiger partial charge in [0.15, 0.2) is 0 Å². The Morgan fingerprint density at radius 1 is 1.33 bits per heavy atom. The fourth-order valence-corrected chi connectivity index (χ4v) is 2.71. The molecule has 2 aliphatic carbocycles. The maximum absolute atomic E-state index is 11.9. The summed E-state index contributed by atoms with van der Waals surface area (Å²) in [5, 5.41) is 3.10. The summed E-state index contributed by atoms with van der Waals surface area (Å²) in [5.41, 5.74) is 5.45. The third-order valence-corrected chi connectivity index (χ3v) is 4.16.